The Morgan fingerprint density at radius 3 is 2.13 bits per heavy atom. The van der Waals surface area contributed by atoms with Crippen LogP contribution in [0.2, 0.25) is 0 Å². The van der Waals surface area contributed by atoms with Crippen molar-refractivity contribution in [3.05, 3.63) is 0 Å². The number of morpholine rings is 1. The summed E-state index contributed by atoms with van der Waals surface area (Å²) in [6, 6.07) is 0. The van der Waals surface area contributed by atoms with Crippen LogP contribution in [0.5, 0.6) is 0 Å². The largest absolute Gasteiger partial charge is 0.379 e. The summed E-state index contributed by atoms with van der Waals surface area (Å²) < 4.78 is 5.40. The molecule has 0 amide bonds. The van der Waals surface area contributed by atoms with E-state index in [0.717, 1.165) is 26.3 Å². The van der Waals surface area contributed by atoms with E-state index < -0.39 is 0 Å². The summed E-state index contributed by atoms with van der Waals surface area (Å²) in [5.41, 5.74) is 0.382. The molecule has 1 unspecified atom stereocenters. The smallest absolute Gasteiger partial charge is 0.0624 e. The minimum atomic E-state index is 0.382. The van der Waals surface area contributed by atoms with E-state index in [1.165, 1.54) is 6.42 Å². The minimum absolute atomic E-state index is 0.382. The Morgan fingerprint density at radius 1 is 1.20 bits per heavy atom. The molecule has 3 nitrogen and oxygen atoms in total. The first-order valence-electron chi connectivity index (χ1n) is 5.88. The molecule has 0 saturated carbocycles. The topological polar surface area (TPSA) is 15.7 Å². The second-order valence-corrected chi connectivity index (χ2v) is 5.86. The van der Waals surface area contributed by atoms with Gasteiger partial charge in [-0.25, -0.2) is 0 Å². The van der Waals surface area contributed by atoms with Gasteiger partial charge in [0.2, 0.25) is 0 Å². The molecular formula is C12H26N2O. The average Bonchev–Trinajstić information content (AvgIpc) is 2.14. The van der Waals surface area contributed by atoms with Crippen molar-refractivity contribution in [3.63, 3.8) is 0 Å². The van der Waals surface area contributed by atoms with Crippen LogP contribution in [0.15, 0.2) is 0 Å². The van der Waals surface area contributed by atoms with Crippen LogP contribution in [-0.4, -0.2) is 56.4 Å². The first kappa shape index (κ1) is 12.9. The summed E-state index contributed by atoms with van der Waals surface area (Å²) in [7, 11) is 4.34. The normalized spacial score (nSPS) is 22.0. The molecule has 1 rings (SSSR count). The van der Waals surface area contributed by atoms with Crippen LogP contribution in [0.3, 0.4) is 0 Å². The number of ether oxygens (including phenoxy) is 1. The van der Waals surface area contributed by atoms with Crippen molar-refractivity contribution in [3.8, 4) is 0 Å². The summed E-state index contributed by atoms with van der Waals surface area (Å²) in [6.45, 7) is 10.8. The summed E-state index contributed by atoms with van der Waals surface area (Å²) in [5.74, 6) is 0. The highest BCUT2D eigenvalue weighted by Crippen LogP contribution is 2.25. The van der Waals surface area contributed by atoms with Crippen LogP contribution in [-0.2, 0) is 4.74 Å². The van der Waals surface area contributed by atoms with Gasteiger partial charge in [0.05, 0.1) is 19.4 Å². The van der Waals surface area contributed by atoms with E-state index in [9.17, 15) is 0 Å². The fourth-order valence-corrected chi connectivity index (χ4v) is 2.06. The molecule has 1 atom stereocenters. The summed E-state index contributed by atoms with van der Waals surface area (Å²) in [5, 5.41) is 0. The van der Waals surface area contributed by atoms with Gasteiger partial charge in [0.25, 0.3) is 0 Å². The highest BCUT2D eigenvalue weighted by atomic mass is 16.5. The van der Waals surface area contributed by atoms with Gasteiger partial charge in [0.15, 0.2) is 0 Å². The highest BCUT2D eigenvalue weighted by molar-refractivity contribution is 4.77. The van der Waals surface area contributed by atoms with Crippen molar-refractivity contribution in [2.24, 2.45) is 5.41 Å². The first-order chi connectivity index (χ1) is 6.90. The third-order valence-corrected chi connectivity index (χ3v) is 2.86. The standard InChI is InChI=1S/C12H26N2O/c1-12(2,3)10-11(13(4)5)14-6-8-15-9-7-14/h11H,6-10H2,1-5H3. The van der Waals surface area contributed by atoms with Gasteiger partial charge in [-0.15, -0.1) is 0 Å². The highest BCUT2D eigenvalue weighted by Gasteiger charge is 2.27. The van der Waals surface area contributed by atoms with Gasteiger partial charge >= 0.3 is 0 Å². The van der Waals surface area contributed by atoms with E-state index in [1.807, 2.05) is 0 Å². The van der Waals surface area contributed by atoms with E-state index in [2.05, 4.69) is 44.7 Å². The lowest BCUT2D eigenvalue weighted by Crippen LogP contribution is -2.51. The van der Waals surface area contributed by atoms with E-state index in [1.54, 1.807) is 0 Å². The molecule has 0 radical (unpaired) electrons. The average molecular weight is 214 g/mol. The Balaban J connectivity index is 2.56. The molecule has 0 aromatic rings. The predicted octanol–water partition coefficient (Wildman–Crippen LogP) is 1.64. The summed E-state index contributed by atoms with van der Waals surface area (Å²) in [4.78, 5) is 4.87. The second kappa shape index (κ2) is 5.28. The Labute approximate surface area is 94.4 Å². The quantitative estimate of drug-likeness (QED) is 0.710. The van der Waals surface area contributed by atoms with Crippen molar-refractivity contribution in [1.29, 1.82) is 0 Å². The van der Waals surface area contributed by atoms with Gasteiger partial charge in [-0.3, -0.25) is 9.80 Å². The summed E-state index contributed by atoms with van der Waals surface area (Å²) in [6.07, 6.45) is 1.76. The van der Waals surface area contributed by atoms with Gasteiger partial charge in [-0.1, -0.05) is 20.8 Å². The molecule has 0 bridgehead atoms. The molecule has 1 aliphatic rings. The molecule has 1 heterocycles. The third kappa shape index (κ3) is 4.49. The molecule has 1 saturated heterocycles. The molecule has 0 N–H and O–H groups in total. The first-order valence-corrected chi connectivity index (χ1v) is 5.88. The Bertz CT molecular complexity index is 181. The van der Waals surface area contributed by atoms with E-state index in [0.29, 0.717) is 11.6 Å². The van der Waals surface area contributed by atoms with Crippen molar-refractivity contribution >= 4 is 0 Å². The fraction of sp³-hybridized carbons (Fsp3) is 1.00. The Hall–Kier alpha value is -0.120. The minimum Gasteiger partial charge on any atom is -0.379 e. The molecule has 0 spiro atoms. The predicted molar refractivity (Wildman–Crippen MR) is 63.9 cm³/mol. The lowest BCUT2D eigenvalue weighted by molar-refractivity contribution is -0.0324. The lowest BCUT2D eigenvalue weighted by atomic mass is 9.89. The number of nitrogens with zero attached hydrogens (tertiary/aromatic N) is 2. The zero-order chi connectivity index (χ0) is 11.5. The van der Waals surface area contributed by atoms with Crippen LogP contribution in [0.4, 0.5) is 0 Å². The maximum atomic E-state index is 5.40. The maximum Gasteiger partial charge on any atom is 0.0624 e. The summed E-state index contributed by atoms with van der Waals surface area (Å²) >= 11 is 0. The number of hydrogen-bond acceptors (Lipinski definition) is 3. The molecule has 0 aliphatic carbocycles. The lowest BCUT2D eigenvalue weighted by Gasteiger charge is -2.41. The van der Waals surface area contributed by atoms with Crippen LogP contribution in [0, 0.1) is 5.41 Å². The van der Waals surface area contributed by atoms with Crippen molar-refractivity contribution in [2.75, 3.05) is 40.4 Å². The van der Waals surface area contributed by atoms with Crippen molar-refractivity contribution < 1.29 is 4.74 Å². The maximum absolute atomic E-state index is 5.40. The van der Waals surface area contributed by atoms with Gasteiger partial charge in [0, 0.05) is 13.1 Å². The van der Waals surface area contributed by atoms with E-state index >= 15 is 0 Å². The van der Waals surface area contributed by atoms with Gasteiger partial charge in [0.1, 0.15) is 0 Å². The van der Waals surface area contributed by atoms with Gasteiger partial charge in [-0.05, 0) is 25.9 Å². The second-order valence-electron chi connectivity index (χ2n) is 5.86. The molecule has 90 valence electrons. The Morgan fingerprint density at radius 2 is 1.73 bits per heavy atom. The van der Waals surface area contributed by atoms with Gasteiger partial charge < -0.3 is 4.74 Å². The zero-order valence-corrected chi connectivity index (χ0v) is 10.9. The van der Waals surface area contributed by atoms with Crippen LogP contribution in [0.1, 0.15) is 27.2 Å². The SMILES string of the molecule is CN(C)C(CC(C)(C)C)N1CCOCC1. The zero-order valence-electron chi connectivity index (χ0n) is 10.9. The number of hydrogen-bond donors (Lipinski definition) is 0. The fourth-order valence-electron chi connectivity index (χ4n) is 2.06. The molecule has 1 aliphatic heterocycles. The molecule has 0 aromatic carbocycles. The monoisotopic (exact) mass is 214 g/mol. The van der Waals surface area contributed by atoms with Crippen molar-refractivity contribution in [2.45, 2.75) is 33.4 Å². The molecule has 0 aromatic heterocycles. The van der Waals surface area contributed by atoms with Crippen molar-refractivity contribution in [1.82, 2.24) is 9.80 Å². The van der Waals surface area contributed by atoms with E-state index in [-0.39, 0.29) is 0 Å². The Kier molecular flexibility index (Phi) is 4.56. The number of rotatable bonds is 3. The molecular weight excluding hydrogens is 188 g/mol. The molecule has 15 heavy (non-hydrogen) atoms. The third-order valence-electron chi connectivity index (χ3n) is 2.86. The van der Waals surface area contributed by atoms with Crippen LogP contribution >= 0.6 is 0 Å². The van der Waals surface area contributed by atoms with Gasteiger partial charge in [-0.2, -0.15) is 0 Å². The van der Waals surface area contributed by atoms with Crippen LogP contribution < -0.4 is 0 Å². The molecule has 1 fully saturated rings. The van der Waals surface area contributed by atoms with E-state index in [4.69, 9.17) is 4.74 Å². The molecule has 3 heteroatoms. The van der Waals surface area contributed by atoms with Crippen LogP contribution in [0.25, 0.3) is 0 Å².